The van der Waals surface area contributed by atoms with Crippen LogP contribution in [-0.4, -0.2) is 19.9 Å². The minimum atomic E-state index is 0.728. The van der Waals surface area contributed by atoms with Gasteiger partial charge in [-0.25, -0.2) is 9.97 Å². The molecule has 2 aliphatic rings. The zero-order valence-corrected chi connectivity index (χ0v) is 21.1. The van der Waals surface area contributed by atoms with E-state index in [2.05, 4.69) is 95.4 Å². The Labute approximate surface area is 225 Å². The molecule has 0 fully saturated rings. The first-order chi connectivity index (χ1) is 19.1. The number of H-pyrrole nitrogens is 2. The molecule has 0 saturated heterocycles. The van der Waals surface area contributed by atoms with Gasteiger partial charge in [-0.15, -0.1) is 0 Å². The van der Waals surface area contributed by atoms with Crippen LogP contribution in [0, 0.1) is 0 Å². The van der Waals surface area contributed by atoms with Gasteiger partial charge in [0.15, 0.2) is 0 Å². The van der Waals surface area contributed by atoms with Gasteiger partial charge in [0.2, 0.25) is 0 Å². The van der Waals surface area contributed by atoms with E-state index in [4.69, 9.17) is 15.7 Å². The van der Waals surface area contributed by atoms with Gasteiger partial charge in [-0.1, -0.05) is 49.1 Å². The Morgan fingerprint density at radius 1 is 0.590 bits per heavy atom. The van der Waals surface area contributed by atoms with Gasteiger partial charge < -0.3 is 15.7 Å². The first-order valence-electron chi connectivity index (χ1n) is 12.8. The Hall–Kier alpha value is -5.42. The summed E-state index contributed by atoms with van der Waals surface area (Å²) in [5, 5.41) is 0. The molecule has 0 saturated carbocycles. The number of hydrogen-bond acceptors (Lipinski definition) is 3. The van der Waals surface area contributed by atoms with E-state index in [1.807, 2.05) is 36.4 Å². The highest BCUT2D eigenvalue weighted by atomic mass is 14.8. The Morgan fingerprint density at radius 2 is 1.08 bits per heavy atom. The number of anilines is 1. The summed E-state index contributed by atoms with van der Waals surface area (Å²) in [6, 6.07) is 28.8. The first-order valence-corrected chi connectivity index (χ1v) is 12.8. The van der Waals surface area contributed by atoms with E-state index in [9.17, 15) is 0 Å². The highest BCUT2D eigenvalue weighted by molar-refractivity contribution is 5.93. The molecule has 0 atom stereocenters. The molecule has 8 bridgehead atoms. The van der Waals surface area contributed by atoms with Gasteiger partial charge in [0, 0.05) is 38.9 Å². The summed E-state index contributed by atoms with van der Waals surface area (Å²) in [4.78, 5) is 17.2. The zero-order chi connectivity index (χ0) is 26.3. The van der Waals surface area contributed by atoms with E-state index in [1.54, 1.807) is 0 Å². The van der Waals surface area contributed by atoms with Gasteiger partial charge in [-0.2, -0.15) is 0 Å². The van der Waals surface area contributed by atoms with Crippen molar-refractivity contribution in [2.75, 3.05) is 5.73 Å². The number of hydrogen-bond donors (Lipinski definition) is 3. The van der Waals surface area contributed by atoms with Crippen molar-refractivity contribution in [3.8, 4) is 22.3 Å². The summed E-state index contributed by atoms with van der Waals surface area (Å²) in [6.07, 6.45) is 10.1. The molecule has 0 amide bonds. The van der Waals surface area contributed by atoms with Crippen LogP contribution >= 0.6 is 0 Å². The number of fused-ring (bicyclic) bond motifs is 8. The van der Waals surface area contributed by atoms with Crippen molar-refractivity contribution < 1.29 is 0 Å². The molecule has 0 radical (unpaired) electrons. The zero-order valence-electron chi connectivity index (χ0n) is 21.1. The standard InChI is InChI=1S/C34H25N5/c1-2-21-3-5-22(6-4-21)33-29-15-11-25(36-29)19-27-13-17-31(38-27)34(23-7-9-24(35)10-8-23)32-18-14-28(39-32)20-26-12-16-30(33)37-26/h2-20,36,39H,1,35H2. The minimum Gasteiger partial charge on any atom is -0.399 e. The summed E-state index contributed by atoms with van der Waals surface area (Å²) >= 11 is 0. The number of aromatic amines is 2. The van der Waals surface area contributed by atoms with Crippen molar-refractivity contribution in [3.05, 3.63) is 120 Å². The van der Waals surface area contributed by atoms with Crippen LogP contribution in [0.15, 0.2) is 91.5 Å². The van der Waals surface area contributed by atoms with Crippen molar-refractivity contribution in [2.45, 2.75) is 0 Å². The van der Waals surface area contributed by atoms with E-state index < -0.39 is 0 Å². The van der Waals surface area contributed by atoms with Crippen LogP contribution in [0.4, 0.5) is 5.69 Å². The quantitative estimate of drug-likeness (QED) is 0.212. The van der Waals surface area contributed by atoms with Crippen molar-refractivity contribution >= 4 is 58.1 Å². The predicted molar refractivity (Wildman–Crippen MR) is 164 cm³/mol. The molecular formula is C34H25N5. The molecule has 5 heterocycles. The third-order valence-electron chi connectivity index (χ3n) is 7.03. The third-order valence-corrected chi connectivity index (χ3v) is 7.03. The lowest BCUT2D eigenvalue weighted by atomic mass is 10.0. The molecule has 2 aliphatic heterocycles. The second-order valence-electron chi connectivity index (χ2n) is 9.65. The normalized spacial score (nSPS) is 12.1. The van der Waals surface area contributed by atoms with Gasteiger partial charge in [0.1, 0.15) is 0 Å². The molecule has 5 nitrogen and oxygen atoms in total. The van der Waals surface area contributed by atoms with E-state index >= 15 is 0 Å². The number of benzene rings is 2. The molecular weight excluding hydrogens is 478 g/mol. The lowest BCUT2D eigenvalue weighted by Gasteiger charge is -2.05. The molecule has 2 aromatic carbocycles. The molecule has 5 heteroatoms. The van der Waals surface area contributed by atoms with Crippen LogP contribution in [0.3, 0.4) is 0 Å². The minimum absolute atomic E-state index is 0.728. The van der Waals surface area contributed by atoms with E-state index in [-0.39, 0.29) is 0 Å². The van der Waals surface area contributed by atoms with Crippen molar-refractivity contribution in [1.82, 2.24) is 19.9 Å². The molecule has 5 aromatic rings. The SMILES string of the molecule is C=Cc1ccc(-c2c3nc(cc4ccc([nH]4)c(-c4ccc(N)cc4)c4nc(cc5ccc2[nH]5)C=C4)C=C3)cc1. The van der Waals surface area contributed by atoms with Crippen LogP contribution in [0.1, 0.15) is 28.3 Å². The summed E-state index contributed by atoms with van der Waals surface area (Å²) in [6.45, 7) is 3.89. The molecule has 7 rings (SSSR count). The smallest absolute Gasteiger partial charge is 0.0736 e. The van der Waals surface area contributed by atoms with Crippen LogP contribution < -0.4 is 5.73 Å². The van der Waals surface area contributed by atoms with Crippen LogP contribution in [0.5, 0.6) is 0 Å². The average Bonchev–Trinajstić information content (AvgIpc) is 3.77. The Bertz CT molecular complexity index is 1970. The van der Waals surface area contributed by atoms with E-state index in [0.717, 1.165) is 78.3 Å². The summed E-state index contributed by atoms with van der Waals surface area (Å²) in [7, 11) is 0. The maximum Gasteiger partial charge on any atom is 0.0736 e. The fraction of sp³-hybridized carbons (Fsp3) is 0. The van der Waals surface area contributed by atoms with E-state index in [1.165, 1.54) is 0 Å². The Balaban J connectivity index is 1.54. The Morgan fingerprint density at radius 3 is 1.56 bits per heavy atom. The molecule has 0 spiro atoms. The van der Waals surface area contributed by atoms with Gasteiger partial charge in [0.25, 0.3) is 0 Å². The second-order valence-corrected chi connectivity index (χ2v) is 9.65. The highest BCUT2D eigenvalue weighted by Crippen LogP contribution is 2.32. The number of nitrogens with one attached hydrogen (secondary N) is 2. The van der Waals surface area contributed by atoms with Crippen LogP contribution in [-0.2, 0) is 0 Å². The van der Waals surface area contributed by atoms with Gasteiger partial charge in [0.05, 0.1) is 22.8 Å². The average molecular weight is 504 g/mol. The van der Waals surface area contributed by atoms with Gasteiger partial charge in [-0.3, -0.25) is 0 Å². The van der Waals surface area contributed by atoms with Gasteiger partial charge in [-0.05, 0) is 89.5 Å². The van der Waals surface area contributed by atoms with Gasteiger partial charge >= 0.3 is 0 Å². The van der Waals surface area contributed by atoms with Crippen molar-refractivity contribution in [1.29, 1.82) is 0 Å². The number of nitrogens with two attached hydrogens (primary N) is 1. The monoisotopic (exact) mass is 503 g/mol. The molecule has 0 aliphatic carbocycles. The number of aromatic nitrogens is 4. The molecule has 186 valence electrons. The molecule has 39 heavy (non-hydrogen) atoms. The maximum atomic E-state index is 5.98. The second kappa shape index (κ2) is 9.15. The third kappa shape index (κ3) is 4.26. The molecule has 4 N–H and O–H groups in total. The summed E-state index contributed by atoms with van der Waals surface area (Å²) in [5.41, 5.74) is 19.4. The summed E-state index contributed by atoms with van der Waals surface area (Å²) in [5.74, 6) is 0. The topological polar surface area (TPSA) is 83.4 Å². The summed E-state index contributed by atoms with van der Waals surface area (Å²) < 4.78 is 0. The maximum absolute atomic E-state index is 5.98. The fourth-order valence-corrected chi connectivity index (χ4v) is 5.12. The van der Waals surface area contributed by atoms with Crippen molar-refractivity contribution in [3.63, 3.8) is 0 Å². The van der Waals surface area contributed by atoms with Crippen LogP contribution in [0.25, 0.3) is 74.7 Å². The largest absolute Gasteiger partial charge is 0.399 e. The Kier molecular flexibility index (Phi) is 5.34. The number of rotatable bonds is 3. The number of nitrogen functional groups attached to an aromatic ring is 1. The molecule has 0 unspecified atom stereocenters. The fourth-order valence-electron chi connectivity index (χ4n) is 5.12. The lowest BCUT2D eigenvalue weighted by Crippen LogP contribution is -1.87. The van der Waals surface area contributed by atoms with Crippen LogP contribution in [0.2, 0.25) is 0 Å². The predicted octanol–water partition coefficient (Wildman–Crippen LogP) is 8.21. The van der Waals surface area contributed by atoms with Crippen molar-refractivity contribution in [2.24, 2.45) is 0 Å². The number of nitrogens with zero attached hydrogens (tertiary/aromatic N) is 2. The first kappa shape index (κ1) is 22.8. The van der Waals surface area contributed by atoms with E-state index in [0.29, 0.717) is 0 Å². The highest BCUT2D eigenvalue weighted by Gasteiger charge is 2.13. The molecule has 3 aromatic heterocycles. The lowest BCUT2D eigenvalue weighted by molar-refractivity contribution is 1.31.